The van der Waals surface area contributed by atoms with Crippen molar-refractivity contribution in [2.24, 2.45) is 7.05 Å². The Labute approximate surface area is 193 Å². The van der Waals surface area contributed by atoms with E-state index in [1.807, 2.05) is 11.6 Å². The van der Waals surface area contributed by atoms with Crippen LogP contribution in [0.4, 0.5) is 11.6 Å². The number of aliphatic carboxylic acids is 2. The largest absolute Gasteiger partial charge is 0.473 e. The van der Waals surface area contributed by atoms with E-state index in [1.54, 1.807) is 12.3 Å². The lowest BCUT2D eigenvalue weighted by Crippen LogP contribution is -2.09. The molecule has 1 aliphatic heterocycles. The van der Waals surface area contributed by atoms with Gasteiger partial charge in [-0.3, -0.25) is 10.1 Å². The van der Waals surface area contributed by atoms with Gasteiger partial charge in [-0.2, -0.15) is 0 Å². The number of fused-ring (bicyclic) bond motifs is 1. The van der Waals surface area contributed by atoms with E-state index in [0.717, 1.165) is 11.3 Å². The molecule has 3 N–H and O–H groups in total. The van der Waals surface area contributed by atoms with Crippen LogP contribution in [0.15, 0.2) is 36.5 Å². The Hall–Kier alpha value is -4.61. The molecule has 0 radical (unpaired) electrons. The van der Waals surface area contributed by atoms with Gasteiger partial charge < -0.3 is 29.6 Å². The number of nitrogens with zero attached hydrogens (tertiary/aromatic N) is 3. The van der Waals surface area contributed by atoms with Crippen molar-refractivity contribution in [2.75, 3.05) is 12.1 Å². The second-order valence-electron chi connectivity index (χ2n) is 7.38. The number of aromatic nitrogens is 2. The van der Waals surface area contributed by atoms with E-state index in [1.165, 1.54) is 17.2 Å². The third-order valence-corrected chi connectivity index (χ3v) is 5.18. The third kappa shape index (κ3) is 5.23. The second-order valence-corrected chi connectivity index (χ2v) is 7.38. The fourth-order valence-corrected chi connectivity index (χ4v) is 3.20. The summed E-state index contributed by atoms with van der Waals surface area (Å²) in [5, 5.41) is 29.4. The number of carbonyl (C=O) groups is 2. The normalized spacial score (nSPS) is 11.4. The molecule has 12 heteroatoms. The average Bonchev–Trinajstić information content (AvgIpc) is 3.39. The fourth-order valence-electron chi connectivity index (χ4n) is 3.20. The van der Waals surface area contributed by atoms with Crippen molar-refractivity contribution in [1.29, 1.82) is 0 Å². The topological polar surface area (TPSA) is 166 Å². The standard InChI is InChI=1S/C20H20N4O4.C2H2O4/c1-12-4-5-14(6-13(12)2)17-10-22-20(23(17)3)21-9-15-7-18-19(28-11-27-18)8-16(15)24(25)26;3-1(4)2(5)6/h4-8,10H,9,11H2,1-3H3,(H,21,22);(H,3,4)(H,5,6). The molecular weight excluding hydrogens is 448 g/mol. The minimum atomic E-state index is -1.82. The predicted molar refractivity (Wildman–Crippen MR) is 120 cm³/mol. The maximum Gasteiger partial charge on any atom is 0.414 e. The summed E-state index contributed by atoms with van der Waals surface area (Å²) in [4.78, 5) is 33.6. The van der Waals surface area contributed by atoms with Crippen LogP contribution in [0.2, 0.25) is 0 Å². The van der Waals surface area contributed by atoms with Gasteiger partial charge in [0.2, 0.25) is 12.7 Å². The molecule has 0 saturated heterocycles. The Balaban J connectivity index is 0.000000481. The van der Waals surface area contributed by atoms with Gasteiger partial charge in [0.15, 0.2) is 11.5 Å². The van der Waals surface area contributed by atoms with Gasteiger partial charge in [0.05, 0.1) is 28.4 Å². The predicted octanol–water partition coefficient (Wildman–Crippen LogP) is 3.11. The SMILES string of the molecule is Cc1ccc(-c2cnc(NCc3cc4c(cc3[N+](=O)[O-])OCO4)n2C)cc1C.O=C(O)C(=O)O. The van der Waals surface area contributed by atoms with E-state index >= 15 is 0 Å². The number of imidazole rings is 1. The zero-order chi connectivity index (χ0) is 25.0. The van der Waals surface area contributed by atoms with E-state index in [2.05, 4.69) is 42.3 Å². The minimum Gasteiger partial charge on any atom is -0.473 e. The highest BCUT2D eigenvalue weighted by Crippen LogP contribution is 2.38. The Kier molecular flexibility index (Phi) is 7.00. The first-order valence-corrected chi connectivity index (χ1v) is 9.94. The summed E-state index contributed by atoms with van der Waals surface area (Å²) in [7, 11) is 1.91. The van der Waals surface area contributed by atoms with Crippen molar-refractivity contribution >= 4 is 23.6 Å². The highest BCUT2D eigenvalue weighted by Gasteiger charge is 2.23. The molecule has 4 rings (SSSR count). The molecule has 0 fully saturated rings. The van der Waals surface area contributed by atoms with E-state index in [-0.39, 0.29) is 19.0 Å². The average molecular weight is 470 g/mol. The number of aryl methyl sites for hydroxylation is 2. The van der Waals surface area contributed by atoms with Crippen LogP contribution < -0.4 is 14.8 Å². The lowest BCUT2D eigenvalue weighted by Gasteiger charge is -2.10. The van der Waals surface area contributed by atoms with Gasteiger partial charge >= 0.3 is 11.9 Å². The van der Waals surface area contributed by atoms with Crippen LogP contribution in [-0.2, 0) is 23.2 Å². The molecule has 0 spiro atoms. The molecule has 1 aromatic heterocycles. The first kappa shape index (κ1) is 24.0. The quantitative estimate of drug-likeness (QED) is 0.286. The molecule has 1 aliphatic rings. The minimum absolute atomic E-state index is 0.0136. The fraction of sp³-hybridized carbons (Fsp3) is 0.227. The van der Waals surface area contributed by atoms with Gasteiger partial charge in [0, 0.05) is 19.2 Å². The zero-order valence-electron chi connectivity index (χ0n) is 18.6. The molecule has 0 amide bonds. The van der Waals surface area contributed by atoms with Crippen LogP contribution in [0, 0.1) is 24.0 Å². The van der Waals surface area contributed by atoms with Crippen molar-refractivity contribution in [3.63, 3.8) is 0 Å². The molecule has 0 bridgehead atoms. The molecule has 0 atom stereocenters. The summed E-state index contributed by atoms with van der Waals surface area (Å²) < 4.78 is 12.5. The molecule has 2 aromatic carbocycles. The van der Waals surface area contributed by atoms with Gasteiger partial charge in [-0.1, -0.05) is 12.1 Å². The van der Waals surface area contributed by atoms with Gasteiger partial charge in [-0.25, -0.2) is 14.6 Å². The summed E-state index contributed by atoms with van der Waals surface area (Å²) in [5.41, 5.74) is 4.97. The molecule has 0 unspecified atom stereocenters. The number of carboxylic acid groups (broad SMARTS) is 2. The molecule has 0 aliphatic carbocycles. The molecule has 0 saturated carbocycles. The summed E-state index contributed by atoms with van der Waals surface area (Å²) in [6.45, 7) is 4.47. The highest BCUT2D eigenvalue weighted by atomic mass is 16.7. The molecule has 3 aromatic rings. The summed E-state index contributed by atoms with van der Waals surface area (Å²) in [5.74, 6) is -2.12. The Morgan fingerprint density at radius 3 is 2.35 bits per heavy atom. The Bertz CT molecular complexity index is 1260. The highest BCUT2D eigenvalue weighted by molar-refractivity contribution is 6.27. The third-order valence-electron chi connectivity index (χ3n) is 5.18. The number of nitro benzene ring substituents is 1. The van der Waals surface area contributed by atoms with Gasteiger partial charge in [-0.15, -0.1) is 0 Å². The number of nitro groups is 1. The smallest absolute Gasteiger partial charge is 0.414 e. The van der Waals surface area contributed by atoms with Gasteiger partial charge in [0.25, 0.3) is 5.69 Å². The van der Waals surface area contributed by atoms with Crippen LogP contribution in [0.5, 0.6) is 11.5 Å². The summed E-state index contributed by atoms with van der Waals surface area (Å²) in [6, 6.07) is 9.31. The van der Waals surface area contributed by atoms with Crippen LogP contribution in [0.1, 0.15) is 16.7 Å². The number of hydrogen-bond donors (Lipinski definition) is 3. The van der Waals surface area contributed by atoms with Gasteiger partial charge in [-0.05, 0) is 37.1 Å². The van der Waals surface area contributed by atoms with Crippen LogP contribution in [0.3, 0.4) is 0 Å². The van der Waals surface area contributed by atoms with E-state index in [4.69, 9.17) is 29.3 Å². The van der Waals surface area contributed by atoms with Crippen molar-refractivity contribution in [3.05, 3.63) is 63.3 Å². The first-order chi connectivity index (χ1) is 16.1. The summed E-state index contributed by atoms with van der Waals surface area (Å²) in [6.07, 6.45) is 1.79. The number of hydrogen-bond acceptors (Lipinski definition) is 8. The maximum atomic E-state index is 11.4. The lowest BCUT2D eigenvalue weighted by molar-refractivity contribution is -0.385. The molecule has 34 heavy (non-hydrogen) atoms. The number of rotatable bonds is 5. The maximum absolute atomic E-state index is 11.4. The lowest BCUT2D eigenvalue weighted by atomic mass is 10.0. The Morgan fingerprint density at radius 1 is 1.12 bits per heavy atom. The second kappa shape index (κ2) is 9.90. The number of benzene rings is 2. The van der Waals surface area contributed by atoms with Crippen LogP contribution in [0.25, 0.3) is 11.3 Å². The van der Waals surface area contributed by atoms with E-state index < -0.39 is 16.9 Å². The van der Waals surface area contributed by atoms with Crippen molar-refractivity contribution < 1.29 is 34.2 Å². The van der Waals surface area contributed by atoms with Gasteiger partial charge in [0.1, 0.15) is 0 Å². The molecule has 2 heterocycles. The van der Waals surface area contributed by atoms with Crippen LogP contribution >= 0.6 is 0 Å². The van der Waals surface area contributed by atoms with Crippen molar-refractivity contribution in [2.45, 2.75) is 20.4 Å². The molecular formula is C22H22N4O8. The van der Waals surface area contributed by atoms with Crippen molar-refractivity contribution in [3.8, 4) is 22.8 Å². The van der Waals surface area contributed by atoms with Crippen molar-refractivity contribution in [1.82, 2.24) is 9.55 Å². The summed E-state index contributed by atoms with van der Waals surface area (Å²) >= 11 is 0. The van der Waals surface area contributed by atoms with E-state index in [9.17, 15) is 10.1 Å². The number of ether oxygens (including phenoxy) is 2. The van der Waals surface area contributed by atoms with Crippen LogP contribution in [-0.4, -0.2) is 43.4 Å². The molecule has 178 valence electrons. The zero-order valence-corrected chi connectivity index (χ0v) is 18.6. The Morgan fingerprint density at radius 2 is 1.76 bits per heavy atom. The molecule has 12 nitrogen and oxygen atoms in total. The first-order valence-electron chi connectivity index (χ1n) is 9.94. The van der Waals surface area contributed by atoms with E-state index in [0.29, 0.717) is 23.0 Å². The number of nitrogens with one attached hydrogen (secondary N) is 1. The number of carboxylic acids is 2. The monoisotopic (exact) mass is 470 g/mol. The number of anilines is 1.